The fourth-order valence-corrected chi connectivity index (χ4v) is 4.06. The van der Waals surface area contributed by atoms with Crippen molar-refractivity contribution in [1.29, 1.82) is 5.26 Å². The molecular formula is C24H20N4S. The van der Waals surface area contributed by atoms with Crippen LogP contribution in [0.25, 0.3) is 27.7 Å². The predicted molar refractivity (Wildman–Crippen MR) is 121 cm³/mol. The van der Waals surface area contributed by atoms with Crippen LogP contribution >= 0.6 is 11.3 Å². The predicted octanol–water partition coefficient (Wildman–Crippen LogP) is 6.26. The molecule has 0 radical (unpaired) electrons. The van der Waals surface area contributed by atoms with E-state index in [1.165, 1.54) is 22.5 Å². The fraction of sp³-hybridized carbons (Fsp3) is 0.125. The molecule has 0 amide bonds. The molecule has 0 atom stereocenters. The first kappa shape index (κ1) is 18.9. The molecule has 4 aromatic rings. The molecule has 0 aliphatic heterocycles. The minimum Gasteiger partial charge on any atom is -0.359 e. The maximum Gasteiger partial charge on any atom is 0.136 e. The van der Waals surface area contributed by atoms with E-state index >= 15 is 0 Å². The molecule has 0 aliphatic carbocycles. The van der Waals surface area contributed by atoms with Crippen molar-refractivity contribution >= 4 is 33.5 Å². The number of anilines is 1. The summed E-state index contributed by atoms with van der Waals surface area (Å²) in [6.45, 7) is 6.13. The van der Waals surface area contributed by atoms with Crippen LogP contribution in [0.5, 0.6) is 0 Å². The van der Waals surface area contributed by atoms with Gasteiger partial charge in [0.15, 0.2) is 0 Å². The van der Waals surface area contributed by atoms with Crippen molar-refractivity contribution in [2.45, 2.75) is 20.8 Å². The molecule has 142 valence electrons. The Morgan fingerprint density at radius 3 is 2.72 bits per heavy atom. The van der Waals surface area contributed by atoms with Gasteiger partial charge in [-0.05, 0) is 38.5 Å². The molecule has 2 heterocycles. The van der Waals surface area contributed by atoms with E-state index in [2.05, 4.69) is 54.5 Å². The van der Waals surface area contributed by atoms with Crippen molar-refractivity contribution in [2.24, 2.45) is 0 Å². The summed E-state index contributed by atoms with van der Waals surface area (Å²) < 4.78 is 0. The van der Waals surface area contributed by atoms with Crippen LogP contribution in [-0.2, 0) is 0 Å². The number of hydrogen-bond donors (Lipinski definition) is 1. The quantitative estimate of drug-likeness (QED) is 0.414. The van der Waals surface area contributed by atoms with Crippen LogP contribution in [0.3, 0.4) is 0 Å². The van der Waals surface area contributed by atoms with E-state index in [0.29, 0.717) is 10.6 Å². The van der Waals surface area contributed by atoms with E-state index < -0.39 is 0 Å². The van der Waals surface area contributed by atoms with Gasteiger partial charge in [-0.3, -0.25) is 4.98 Å². The average molecular weight is 397 g/mol. The van der Waals surface area contributed by atoms with Crippen LogP contribution in [0.15, 0.2) is 60.1 Å². The summed E-state index contributed by atoms with van der Waals surface area (Å²) in [5.41, 5.74) is 7.59. The zero-order chi connectivity index (χ0) is 20.4. The van der Waals surface area contributed by atoms with Crippen molar-refractivity contribution in [3.8, 4) is 17.3 Å². The highest BCUT2D eigenvalue weighted by atomic mass is 32.1. The van der Waals surface area contributed by atoms with Crippen LogP contribution in [-0.4, -0.2) is 9.97 Å². The van der Waals surface area contributed by atoms with Gasteiger partial charge in [-0.2, -0.15) is 5.26 Å². The molecule has 4 nitrogen and oxygen atoms in total. The monoisotopic (exact) mass is 396 g/mol. The van der Waals surface area contributed by atoms with Crippen LogP contribution in [0, 0.1) is 32.1 Å². The van der Waals surface area contributed by atoms with E-state index in [9.17, 15) is 5.26 Å². The topological polar surface area (TPSA) is 61.6 Å². The van der Waals surface area contributed by atoms with Crippen LogP contribution in [0.4, 0.5) is 5.69 Å². The molecule has 0 unspecified atom stereocenters. The van der Waals surface area contributed by atoms with E-state index in [4.69, 9.17) is 4.98 Å². The number of rotatable bonds is 4. The van der Waals surface area contributed by atoms with Gasteiger partial charge in [0, 0.05) is 28.2 Å². The molecule has 0 saturated heterocycles. The number of nitrogens with one attached hydrogen (secondary N) is 1. The van der Waals surface area contributed by atoms with Crippen molar-refractivity contribution in [3.05, 3.63) is 81.9 Å². The summed E-state index contributed by atoms with van der Waals surface area (Å²) in [5.74, 6) is 0. The number of thiazole rings is 1. The Hall–Kier alpha value is -3.49. The van der Waals surface area contributed by atoms with Gasteiger partial charge in [0.1, 0.15) is 16.6 Å². The van der Waals surface area contributed by atoms with E-state index in [1.807, 2.05) is 36.6 Å². The number of allylic oxidation sites excluding steroid dienone is 1. The summed E-state index contributed by atoms with van der Waals surface area (Å²) >= 11 is 1.47. The molecule has 2 aromatic carbocycles. The van der Waals surface area contributed by atoms with Crippen molar-refractivity contribution in [2.75, 3.05) is 5.32 Å². The SMILES string of the molecule is Cc1ccc(-c2csc(C(C#N)=CNc3cccc4ccc(C)nc34)n2)c(C)c1. The molecule has 1 N–H and O–H groups in total. The number of aryl methyl sites for hydroxylation is 3. The Kier molecular flexibility index (Phi) is 5.11. The van der Waals surface area contributed by atoms with Crippen LogP contribution in [0.1, 0.15) is 21.8 Å². The Bertz CT molecular complexity index is 1280. The van der Waals surface area contributed by atoms with E-state index in [1.54, 1.807) is 6.20 Å². The number of hydrogen-bond acceptors (Lipinski definition) is 5. The number of fused-ring (bicyclic) bond motifs is 1. The summed E-state index contributed by atoms with van der Waals surface area (Å²) in [6.07, 6.45) is 1.71. The van der Waals surface area contributed by atoms with Gasteiger partial charge in [-0.25, -0.2) is 4.98 Å². The number of aromatic nitrogens is 2. The second kappa shape index (κ2) is 7.86. The van der Waals surface area contributed by atoms with Crippen molar-refractivity contribution < 1.29 is 0 Å². The maximum atomic E-state index is 9.68. The lowest BCUT2D eigenvalue weighted by atomic mass is 10.0. The third-order valence-corrected chi connectivity index (χ3v) is 5.62. The number of nitriles is 1. The molecule has 0 spiro atoms. The molecule has 2 aromatic heterocycles. The standard InChI is InChI=1S/C24H20N4S/c1-15-7-10-20(16(2)11-15)22-14-29-24(28-22)19(12-25)13-26-21-6-4-5-18-9-8-17(3)27-23(18)21/h4-11,13-14,26H,1-3H3. The molecule has 0 saturated carbocycles. The largest absolute Gasteiger partial charge is 0.359 e. The number of pyridine rings is 1. The highest BCUT2D eigenvalue weighted by Gasteiger charge is 2.11. The lowest BCUT2D eigenvalue weighted by Gasteiger charge is -2.06. The number of nitrogens with zero attached hydrogens (tertiary/aromatic N) is 3. The third kappa shape index (κ3) is 3.89. The Labute approximate surface area is 174 Å². The molecule has 0 bridgehead atoms. The minimum atomic E-state index is 0.496. The average Bonchev–Trinajstić information content (AvgIpc) is 3.18. The van der Waals surface area contributed by atoms with Crippen molar-refractivity contribution in [1.82, 2.24) is 9.97 Å². The Morgan fingerprint density at radius 2 is 1.93 bits per heavy atom. The van der Waals surface area contributed by atoms with E-state index in [-0.39, 0.29) is 0 Å². The van der Waals surface area contributed by atoms with Gasteiger partial charge in [0.05, 0.1) is 16.9 Å². The lowest BCUT2D eigenvalue weighted by Crippen LogP contribution is -1.94. The zero-order valence-corrected chi connectivity index (χ0v) is 17.3. The van der Waals surface area contributed by atoms with Gasteiger partial charge in [0.2, 0.25) is 0 Å². The summed E-state index contributed by atoms with van der Waals surface area (Å²) in [7, 11) is 0. The zero-order valence-electron chi connectivity index (χ0n) is 16.5. The molecule has 4 rings (SSSR count). The molecule has 5 heteroatoms. The minimum absolute atomic E-state index is 0.496. The molecule has 29 heavy (non-hydrogen) atoms. The molecular weight excluding hydrogens is 376 g/mol. The van der Waals surface area contributed by atoms with Gasteiger partial charge in [-0.15, -0.1) is 11.3 Å². The first-order chi connectivity index (χ1) is 14.0. The van der Waals surface area contributed by atoms with Gasteiger partial charge >= 0.3 is 0 Å². The summed E-state index contributed by atoms with van der Waals surface area (Å²) in [4.78, 5) is 9.33. The lowest BCUT2D eigenvalue weighted by molar-refractivity contribution is 1.25. The van der Waals surface area contributed by atoms with Gasteiger partial charge in [0.25, 0.3) is 0 Å². The smallest absolute Gasteiger partial charge is 0.136 e. The second-order valence-electron chi connectivity index (χ2n) is 7.00. The first-order valence-electron chi connectivity index (χ1n) is 9.32. The maximum absolute atomic E-state index is 9.68. The normalized spacial score (nSPS) is 11.4. The van der Waals surface area contributed by atoms with Crippen molar-refractivity contribution in [3.63, 3.8) is 0 Å². The summed E-state index contributed by atoms with van der Waals surface area (Å²) in [6, 6.07) is 18.6. The number of para-hydroxylation sites is 1. The highest BCUT2D eigenvalue weighted by Crippen LogP contribution is 2.29. The third-order valence-electron chi connectivity index (χ3n) is 4.74. The van der Waals surface area contributed by atoms with Crippen LogP contribution < -0.4 is 5.32 Å². The van der Waals surface area contributed by atoms with Crippen LogP contribution in [0.2, 0.25) is 0 Å². The van der Waals surface area contributed by atoms with E-state index in [0.717, 1.165) is 33.5 Å². The number of benzene rings is 2. The molecule has 0 aliphatic rings. The molecule has 0 fully saturated rings. The van der Waals surface area contributed by atoms with Gasteiger partial charge in [-0.1, -0.05) is 42.0 Å². The summed E-state index contributed by atoms with van der Waals surface area (Å²) in [5, 5.41) is 16.7. The van der Waals surface area contributed by atoms with Gasteiger partial charge < -0.3 is 5.32 Å². The fourth-order valence-electron chi connectivity index (χ4n) is 3.28. The second-order valence-corrected chi connectivity index (χ2v) is 7.86. The first-order valence-corrected chi connectivity index (χ1v) is 10.2. The Balaban J connectivity index is 1.65. The highest BCUT2D eigenvalue weighted by molar-refractivity contribution is 7.11. The Morgan fingerprint density at radius 1 is 1.07 bits per heavy atom.